The van der Waals surface area contributed by atoms with Crippen LogP contribution in [0.4, 0.5) is 17.3 Å². The molecule has 4 rings (SSSR count). The van der Waals surface area contributed by atoms with E-state index in [0.29, 0.717) is 0 Å². The summed E-state index contributed by atoms with van der Waals surface area (Å²) >= 11 is 0. The van der Waals surface area contributed by atoms with Crippen LogP contribution in [-0.2, 0) is 12.8 Å². The Bertz CT molecular complexity index is 843. The maximum atomic E-state index is 9.75. The van der Waals surface area contributed by atoms with Gasteiger partial charge in [-0.25, -0.2) is 4.42 Å². The minimum Gasteiger partial charge on any atom is -0.418 e. The Morgan fingerprint density at radius 1 is 0.720 bits per heavy atom. The molecule has 0 unspecified atom stereocenters. The second-order valence-electron chi connectivity index (χ2n) is 5.66. The van der Waals surface area contributed by atoms with Gasteiger partial charge in [-0.15, -0.1) is 0 Å². The van der Waals surface area contributed by atoms with Gasteiger partial charge in [0.1, 0.15) is 0 Å². The predicted molar refractivity (Wildman–Crippen MR) is 91.6 cm³/mol. The highest BCUT2D eigenvalue weighted by atomic mass is 19.5. The largest absolute Gasteiger partial charge is 0.673 e. The monoisotopic (exact) mass is 346 g/mol. The van der Waals surface area contributed by atoms with Crippen LogP contribution in [-0.4, -0.2) is 7.25 Å². The second kappa shape index (κ2) is 7.09. The van der Waals surface area contributed by atoms with Gasteiger partial charge in [-0.1, -0.05) is 48.5 Å². The zero-order valence-corrected chi connectivity index (χ0v) is 13.3. The van der Waals surface area contributed by atoms with Gasteiger partial charge < -0.3 is 17.3 Å². The highest BCUT2D eigenvalue weighted by Crippen LogP contribution is 2.38. The zero-order chi connectivity index (χ0) is 17.9. The third-order valence-corrected chi connectivity index (χ3v) is 4.01. The molecule has 0 saturated heterocycles. The van der Waals surface area contributed by atoms with Crippen molar-refractivity contribution in [3.63, 3.8) is 0 Å². The smallest absolute Gasteiger partial charge is 0.418 e. The van der Waals surface area contributed by atoms with Crippen LogP contribution < -0.4 is 0 Å². The van der Waals surface area contributed by atoms with Gasteiger partial charge in [0, 0.05) is 11.6 Å². The van der Waals surface area contributed by atoms with E-state index in [1.54, 1.807) is 0 Å². The number of rotatable bonds is 1. The molecule has 0 aliphatic heterocycles. The summed E-state index contributed by atoms with van der Waals surface area (Å²) in [6, 6.07) is 21.2. The van der Waals surface area contributed by atoms with Crippen LogP contribution in [0.3, 0.4) is 0 Å². The highest BCUT2D eigenvalue weighted by Gasteiger charge is 2.28. The lowest BCUT2D eigenvalue weighted by Gasteiger charge is -2.15. The number of hydrogen-bond acceptors (Lipinski definition) is 0. The fraction of sp³-hybridized carbons (Fsp3) is 0.105. The van der Waals surface area contributed by atoms with Gasteiger partial charge in [0.05, 0.1) is 11.1 Å². The Labute approximate surface area is 143 Å². The summed E-state index contributed by atoms with van der Waals surface area (Å²) in [5, 5.41) is 0. The van der Waals surface area contributed by atoms with E-state index in [0.717, 1.165) is 18.6 Å². The molecule has 0 atom stereocenters. The summed E-state index contributed by atoms with van der Waals surface area (Å²) in [6.07, 6.45) is 3.94. The Balaban J connectivity index is 0.000000324. The van der Waals surface area contributed by atoms with Gasteiger partial charge in [0.2, 0.25) is 0 Å². The maximum absolute atomic E-state index is 9.75. The lowest BCUT2D eigenvalue weighted by Crippen LogP contribution is -2.05. The van der Waals surface area contributed by atoms with E-state index in [-0.39, 0.29) is 0 Å². The SMILES string of the molecule is F[B-](F)(F)F.c1ccc(-c2cc[o+]c3c2CCc2ccccc2-3)cc1. The van der Waals surface area contributed by atoms with Crippen LogP contribution in [0.25, 0.3) is 22.5 Å². The summed E-state index contributed by atoms with van der Waals surface area (Å²) in [5.74, 6) is 1.04. The molecule has 128 valence electrons. The van der Waals surface area contributed by atoms with E-state index in [1.165, 1.54) is 27.8 Å². The first kappa shape index (κ1) is 17.2. The van der Waals surface area contributed by atoms with Crippen LogP contribution >= 0.6 is 0 Å². The summed E-state index contributed by atoms with van der Waals surface area (Å²) in [7, 11) is -6.00. The van der Waals surface area contributed by atoms with Crippen LogP contribution in [0.15, 0.2) is 71.3 Å². The minimum absolute atomic E-state index is 1.04. The standard InChI is InChI=1S/C19H15O.BF4/c1-2-6-14(7-3-1)16-12-13-20-19-17-9-5-4-8-15(17)10-11-18(16)19;2-1(3,4)5/h1-9,12-13H,10-11H2;/q+1;-1. The molecule has 6 heteroatoms. The molecule has 1 aromatic heterocycles. The summed E-state index contributed by atoms with van der Waals surface area (Å²) in [6.45, 7) is 0. The van der Waals surface area contributed by atoms with E-state index in [9.17, 15) is 17.3 Å². The van der Waals surface area contributed by atoms with Crippen molar-refractivity contribution in [2.24, 2.45) is 0 Å². The number of benzene rings is 2. The third kappa shape index (κ3) is 4.26. The van der Waals surface area contributed by atoms with Crippen LogP contribution in [0, 0.1) is 0 Å². The van der Waals surface area contributed by atoms with Crippen LogP contribution in [0.2, 0.25) is 0 Å². The lowest BCUT2D eigenvalue weighted by atomic mass is 9.86. The van der Waals surface area contributed by atoms with Gasteiger partial charge in [-0.3, -0.25) is 0 Å². The molecule has 25 heavy (non-hydrogen) atoms. The molecule has 2 aromatic carbocycles. The molecule has 0 saturated carbocycles. The summed E-state index contributed by atoms with van der Waals surface area (Å²) < 4.78 is 44.8. The van der Waals surface area contributed by atoms with Gasteiger partial charge in [0.25, 0.3) is 0 Å². The Kier molecular flexibility index (Phi) is 4.88. The van der Waals surface area contributed by atoms with E-state index < -0.39 is 7.25 Å². The molecule has 0 fully saturated rings. The average molecular weight is 346 g/mol. The first-order valence-corrected chi connectivity index (χ1v) is 7.88. The molecular weight excluding hydrogens is 331 g/mol. The van der Waals surface area contributed by atoms with Gasteiger partial charge in [0.15, 0.2) is 0 Å². The van der Waals surface area contributed by atoms with E-state index in [2.05, 4.69) is 60.7 Å². The zero-order valence-electron chi connectivity index (χ0n) is 13.3. The van der Waals surface area contributed by atoms with E-state index in [1.807, 2.05) is 6.26 Å². The fourth-order valence-electron chi connectivity index (χ4n) is 3.05. The van der Waals surface area contributed by atoms with Crippen LogP contribution in [0.1, 0.15) is 11.1 Å². The minimum atomic E-state index is -6.00. The molecule has 0 spiro atoms. The first-order valence-electron chi connectivity index (χ1n) is 7.88. The highest BCUT2D eigenvalue weighted by molar-refractivity contribution is 6.50. The molecule has 0 radical (unpaired) electrons. The Hall–Kier alpha value is -2.63. The lowest BCUT2D eigenvalue weighted by molar-refractivity contribution is 0.368. The third-order valence-electron chi connectivity index (χ3n) is 4.01. The van der Waals surface area contributed by atoms with Crippen molar-refractivity contribution in [1.29, 1.82) is 0 Å². The maximum Gasteiger partial charge on any atom is 0.673 e. The summed E-state index contributed by atoms with van der Waals surface area (Å²) in [4.78, 5) is 0. The van der Waals surface area contributed by atoms with Crippen molar-refractivity contribution >= 4 is 7.25 Å². The molecule has 0 N–H and O–H groups in total. The molecule has 3 aromatic rings. The van der Waals surface area contributed by atoms with Crippen LogP contribution in [0.5, 0.6) is 0 Å². The van der Waals surface area contributed by atoms with Crippen molar-refractivity contribution in [3.05, 3.63) is 78.1 Å². The topological polar surface area (TPSA) is 11.3 Å². The van der Waals surface area contributed by atoms with Gasteiger partial charge in [-0.05, 0) is 30.0 Å². The quantitative estimate of drug-likeness (QED) is 0.286. The molecule has 0 amide bonds. The number of fused-ring (bicyclic) bond motifs is 3. The van der Waals surface area contributed by atoms with Gasteiger partial charge >= 0.3 is 19.3 Å². The fourth-order valence-corrected chi connectivity index (χ4v) is 3.05. The van der Waals surface area contributed by atoms with Gasteiger partial charge in [-0.2, -0.15) is 0 Å². The average Bonchev–Trinajstić information content (AvgIpc) is 2.60. The molecule has 1 heterocycles. The van der Waals surface area contributed by atoms with Crippen molar-refractivity contribution in [1.82, 2.24) is 0 Å². The Morgan fingerprint density at radius 3 is 2.08 bits per heavy atom. The van der Waals surface area contributed by atoms with Crippen molar-refractivity contribution in [2.75, 3.05) is 0 Å². The van der Waals surface area contributed by atoms with E-state index >= 15 is 0 Å². The normalized spacial score (nSPS) is 12.5. The van der Waals surface area contributed by atoms with Crippen molar-refractivity contribution in [2.45, 2.75) is 12.8 Å². The predicted octanol–water partition coefficient (Wildman–Crippen LogP) is 6.29. The number of halogens is 4. The number of aryl methyl sites for hydroxylation is 1. The molecular formula is C19H15BF4O. The molecule has 1 aliphatic rings. The van der Waals surface area contributed by atoms with Crippen molar-refractivity contribution in [3.8, 4) is 22.5 Å². The molecule has 0 bridgehead atoms. The van der Waals surface area contributed by atoms with E-state index in [4.69, 9.17) is 4.42 Å². The molecule has 1 aliphatic carbocycles. The molecule has 1 nitrogen and oxygen atoms in total. The summed E-state index contributed by atoms with van der Waals surface area (Å²) in [5.41, 5.74) is 6.51. The first-order chi connectivity index (χ1) is 11.9. The second-order valence-corrected chi connectivity index (χ2v) is 5.66. The Morgan fingerprint density at radius 2 is 1.36 bits per heavy atom. The van der Waals surface area contributed by atoms with Crippen molar-refractivity contribution < 1.29 is 21.7 Å². The number of hydrogen-bond donors (Lipinski definition) is 0.